The van der Waals surface area contributed by atoms with Crippen molar-refractivity contribution in [1.29, 1.82) is 0 Å². The predicted molar refractivity (Wildman–Crippen MR) is 258 cm³/mol. The van der Waals surface area contributed by atoms with Crippen LogP contribution in [0.15, 0.2) is 48.5 Å². The van der Waals surface area contributed by atoms with Gasteiger partial charge in [0.2, 0.25) is 13.6 Å². The summed E-state index contributed by atoms with van der Waals surface area (Å²) in [6.07, 6.45) is 1.34. The molecule has 6 aliphatic rings. The largest absolute Gasteiger partial charge is 0.496 e. The zero-order valence-corrected chi connectivity index (χ0v) is 46.0. The van der Waals surface area contributed by atoms with Crippen LogP contribution in [-0.2, 0) is 60.9 Å². The fourth-order valence-corrected chi connectivity index (χ4v) is 11.8. The van der Waals surface area contributed by atoms with Crippen LogP contribution in [0.3, 0.4) is 0 Å². The van der Waals surface area contributed by atoms with Gasteiger partial charge in [-0.25, -0.2) is 0 Å². The number of rotatable bonds is 9. The van der Waals surface area contributed by atoms with Gasteiger partial charge < -0.3 is 56.5 Å². The van der Waals surface area contributed by atoms with Crippen molar-refractivity contribution in [2.24, 2.45) is 23.7 Å². The van der Waals surface area contributed by atoms with Crippen molar-refractivity contribution < 1.29 is 98.8 Å². The minimum Gasteiger partial charge on any atom is -0.496 e. The molecule has 0 amide bonds. The monoisotopic (exact) mass is 1060 g/mol. The maximum atomic E-state index is 13.2. The van der Waals surface area contributed by atoms with Crippen LogP contribution in [-0.4, -0.2) is 100.0 Å². The fourth-order valence-electron chi connectivity index (χ4n) is 10.9. The van der Waals surface area contributed by atoms with Crippen LogP contribution in [0.4, 0.5) is 0 Å². The quantitative estimate of drug-likeness (QED) is 0.0885. The number of esters is 2. The van der Waals surface area contributed by atoms with E-state index in [0.29, 0.717) is 42.4 Å². The number of methoxy groups -OCH3 is 4. The second kappa shape index (κ2) is 20.9. The molecule has 4 heterocycles. The van der Waals surface area contributed by atoms with Gasteiger partial charge in [-0.05, 0) is 141 Å². The minimum absolute atomic E-state index is 0. The fraction of sp³-hybridized carbons (Fsp3) is 0.481. The normalized spacial score (nSPS) is 24.3. The Morgan fingerprint density at radius 1 is 0.565 bits per heavy atom. The Balaban J connectivity index is 0.000000185. The minimum atomic E-state index is -2.23. The molecule has 17 heteroatoms. The number of hydrogen-bond acceptors (Lipinski definition) is 14. The van der Waals surface area contributed by atoms with Crippen LogP contribution in [0.2, 0.25) is 0 Å². The first-order valence-corrected chi connectivity index (χ1v) is 28.4. The Hall–Kier alpha value is -4.22. The van der Waals surface area contributed by atoms with Gasteiger partial charge >= 0.3 is 11.9 Å². The van der Waals surface area contributed by atoms with Gasteiger partial charge in [0.25, 0.3) is 0 Å². The van der Waals surface area contributed by atoms with Crippen LogP contribution in [0.5, 0.6) is 46.0 Å². The molecule has 8 atom stereocenters. The molecule has 0 N–H and O–H groups in total. The van der Waals surface area contributed by atoms with E-state index in [1.54, 1.807) is 41.8 Å². The van der Waals surface area contributed by atoms with Crippen molar-refractivity contribution >= 4 is 26.2 Å². The van der Waals surface area contributed by atoms with Gasteiger partial charge in [0, 0.05) is 73.7 Å². The molecule has 1 unspecified atom stereocenters. The molecule has 369 valence electrons. The molecule has 4 aromatic rings. The molecule has 0 bridgehead atoms. The molecular formula is C52H63O14P2Y-. The van der Waals surface area contributed by atoms with Gasteiger partial charge in [0.15, 0.2) is 23.0 Å². The first kappa shape index (κ1) is 52.6. The zero-order valence-electron chi connectivity index (χ0n) is 41.4. The van der Waals surface area contributed by atoms with Crippen LogP contribution in [0.1, 0.15) is 81.5 Å². The molecule has 0 saturated carbocycles. The van der Waals surface area contributed by atoms with Crippen molar-refractivity contribution in [2.75, 3.05) is 88.1 Å². The maximum absolute atomic E-state index is 13.2. The maximum Gasteiger partial charge on any atom is 0.310 e. The van der Waals surface area contributed by atoms with E-state index in [9.17, 15) is 18.7 Å². The van der Waals surface area contributed by atoms with Gasteiger partial charge in [0.1, 0.15) is 23.0 Å². The van der Waals surface area contributed by atoms with E-state index in [-0.39, 0.29) is 106 Å². The van der Waals surface area contributed by atoms with Gasteiger partial charge in [-0.15, -0.1) is 0 Å². The molecule has 2 saturated heterocycles. The van der Waals surface area contributed by atoms with Crippen LogP contribution in [0.25, 0.3) is 0 Å². The van der Waals surface area contributed by atoms with E-state index >= 15 is 0 Å². The SMILES string of the molecule is COc1cc([C@@H]2c3cc4c(cc3[C@@H](C)[C@H]3COC(=O)C23)OCO4)cc(OC)c1C.COc1cc([C@@H]2c3cc4c(cc3[C@@H](CCP(C)(C)=O)[C@H]3COC(=O)[C@H]23)OCO4)cc(OC)c1C.[CH2-]P(C)(C)=O.[Y]. The van der Waals surface area contributed by atoms with Gasteiger partial charge in [0.05, 0.1) is 60.6 Å². The van der Waals surface area contributed by atoms with Crippen molar-refractivity contribution in [1.82, 2.24) is 0 Å². The summed E-state index contributed by atoms with van der Waals surface area (Å²) in [4.78, 5) is 26.0. The Labute approximate surface area is 430 Å². The molecule has 0 aromatic heterocycles. The van der Waals surface area contributed by atoms with Crippen LogP contribution in [0, 0.1) is 44.2 Å². The van der Waals surface area contributed by atoms with Crippen molar-refractivity contribution in [2.45, 2.75) is 50.9 Å². The summed E-state index contributed by atoms with van der Waals surface area (Å²) in [6.45, 7) is 17.5. The average Bonchev–Trinajstić information content (AvgIpc) is 4.12. The Bertz CT molecular complexity index is 2650. The van der Waals surface area contributed by atoms with Crippen molar-refractivity contribution in [3.05, 3.63) is 99.7 Å². The zero-order chi connectivity index (χ0) is 49.0. The molecular weight excluding hydrogens is 999 g/mol. The Kier molecular flexibility index (Phi) is 15.9. The number of benzene rings is 4. The summed E-state index contributed by atoms with van der Waals surface area (Å²) in [5.74, 6) is 4.70. The average molecular weight is 1060 g/mol. The predicted octanol–water partition coefficient (Wildman–Crippen LogP) is 9.95. The topological polar surface area (TPSA) is 161 Å². The first-order chi connectivity index (χ1) is 32.2. The standard InChI is InChI=1S/C26H31O7P.C23H24O6.C3H8OP.Y/c1-14-20(29-2)8-15(9-21(14)30-3)24-18-11-23-22(32-13-33-23)10-17(18)16(6-7-34(4,5)28)19-12-31-26(27)25(19)24;1-11-14-7-19-20(29-10-28-19)8-15(14)21(22-16(11)9-27-23(22)24)13-5-17(25-3)12(2)18(6-13)26-4;1-5(2,3)4;/h8-11,16,19,24-25H,6-7,12-13H2,1-5H3;5-8,11,16,21-22H,9-10H2,1-4H3;1H2,2-3H3;/q;;-1;/t16-,19-,24-,25+;11-,16-,21-,22?;;/m11../s1. The molecule has 0 spiro atoms. The van der Waals surface area contributed by atoms with Gasteiger partial charge in [-0.2, -0.15) is 0 Å². The molecule has 1 radical (unpaired) electrons. The number of fused-ring (bicyclic) bond motifs is 6. The van der Waals surface area contributed by atoms with E-state index in [0.717, 1.165) is 68.4 Å². The van der Waals surface area contributed by atoms with Crippen LogP contribution >= 0.6 is 14.3 Å². The molecule has 69 heavy (non-hydrogen) atoms. The third-order valence-corrected chi connectivity index (χ3v) is 15.5. The molecule has 4 aromatic carbocycles. The third kappa shape index (κ3) is 10.6. The number of ether oxygens (including phenoxy) is 10. The number of carbonyl (C=O) groups excluding carboxylic acids is 2. The number of carbonyl (C=O) groups is 2. The summed E-state index contributed by atoms with van der Waals surface area (Å²) in [5.41, 5.74) is 8.13. The second-order valence-electron chi connectivity index (χ2n) is 19.4. The van der Waals surface area contributed by atoms with Crippen molar-refractivity contribution in [3.8, 4) is 46.0 Å². The van der Waals surface area contributed by atoms with E-state index < -0.39 is 14.3 Å². The Morgan fingerprint density at radius 2 is 0.913 bits per heavy atom. The molecule has 2 aliphatic carbocycles. The summed E-state index contributed by atoms with van der Waals surface area (Å²) in [5, 5.41) is 0. The Morgan fingerprint density at radius 3 is 1.30 bits per heavy atom. The van der Waals surface area contributed by atoms with Crippen molar-refractivity contribution in [3.63, 3.8) is 0 Å². The van der Waals surface area contributed by atoms with E-state index in [4.69, 9.17) is 47.4 Å². The summed E-state index contributed by atoms with van der Waals surface area (Å²) in [7, 11) is 2.44. The summed E-state index contributed by atoms with van der Waals surface area (Å²) >= 11 is 0. The van der Waals surface area contributed by atoms with E-state index in [2.05, 4.69) is 19.7 Å². The third-order valence-electron chi connectivity index (χ3n) is 14.1. The summed E-state index contributed by atoms with van der Waals surface area (Å²) < 4.78 is 79.0. The van der Waals surface area contributed by atoms with Gasteiger partial charge in [-0.1, -0.05) is 14.1 Å². The second-order valence-corrected chi connectivity index (χ2v) is 26.2. The smallest absolute Gasteiger partial charge is 0.310 e. The molecule has 4 aliphatic heterocycles. The molecule has 10 rings (SSSR count). The van der Waals surface area contributed by atoms with Crippen LogP contribution < -0.4 is 37.9 Å². The summed E-state index contributed by atoms with van der Waals surface area (Å²) in [6, 6.07) is 16.2. The molecule has 2 fully saturated rings. The number of hydrogen-bond donors (Lipinski definition) is 0. The number of cyclic esters (lactones) is 2. The van der Waals surface area contributed by atoms with E-state index in [1.807, 2.05) is 69.6 Å². The van der Waals surface area contributed by atoms with Gasteiger partial charge in [-0.3, -0.25) is 16.3 Å². The molecule has 14 nitrogen and oxygen atoms in total. The first-order valence-electron chi connectivity index (χ1n) is 22.8. The van der Waals surface area contributed by atoms with E-state index in [1.165, 1.54) is 5.56 Å².